The second-order valence-corrected chi connectivity index (χ2v) is 2.49. The Bertz CT molecular complexity index is 280. The molecule has 0 aromatic heterocycles. The number of terminal acetylenes is 1. The van der Waals surface area contributed by atoms with Crippen LogP contribution in [0.25, 0.3) is 0 Å². The number of hydrogen-bond acceptors (Lipinski definition) is 3. The molecule has 0 saturated carbocycles. The van der Waals surface area contributed by atoms with Gasteiger partial charge in [0.25, 0.3) is 0 Å². The molecule has 0 N–H and O–H groups in total. The van der Waals surface area contributed by atoms with Crippen molar-refractivity contribution in [2.24, 2.45) is 5.92 Å². The lowest BCUT2D eigenvalue weighted by molar-refractivity contribution is -0.143. The van der Waals surface area contributed by atoms with Gasteiger partial charge in [0.15, 0.2) is 0 Å². The first-order valence-corrected chi connectivity index (χ1v) is 3.77. The lowest BCUT2D eigenvalue weighted by atomic mass is 10.0. The minimum Gasteiger partial charge on any atom is -0.468 e. The fraction of sp³-hybridized carbons (Fsp3) is 0.400. The van der Waals surface area contributed by atoms with Crippen molar-refractivity contribution in [1.29, 1.82) is 5.26 Å². The molecule has 0 saturated heterocycles. The Morgan fingerprint density at radius 1 is 1.77 bits per heavy atom. The number of nitrogens with zero attached hydrogens (tertiary/aromatic N) is 1. The first-order valence-electron chi connectivity index (χ1n) is 3.77. The second-order valence-electron chi connectivity index (χ2n) is 2.49. The van der Waals surface area contributed by atoms with Crippen molar-refractivity contribution in [1.82, 2.24) is 0 Å². The fourth-order valence-electron chi connectivity index (χ4n) is 0.768. The fourth-order valence-corrected chi connectivity index (χ4v) is 0.768. The van der Waals surface area contributed by atoms with Crippen molar-refractivity contribution < 1.29 is 9.53 Å². The molecule has 3 heteroatoms. The zero-order valence-electron chi connectivity index (χ0n) is 7.54. The maximum atomic E-state index is 10.9. The Morgan fingerprint density at radius 2 is 2.38 bits per heavy atom. The summed E-state index contributed by atoms with van der Waals surface area (Å²) in [5.74, 6) is 1.08. The van der Waals surface area contributed by atoms with Crippen LogP contribution in [0.15, 0.2) is 12.2 Å². The summed E-state index contributed by atoms with van der Waals surface area (Å²) in [6.45, 7) is 3.57. The third-order valence-electron chi connectivity index (χ3n) is 1.58. The standard InChI is InChI=1S/C10H11NO2/c1-4-8(2)5-6-9(7-11)10(12)13-3/h1,9H,2,5-6H2,3H3. The van der Waals surface area contributed by atoms with Gasteiger partial charge in [-0.05, 0) is 18.4 Å². The molecule has 0 aromatic carbocycles. The maximum Gasteiger partial charge on any atom is 0.323 e. The average molecular weight is 177 g/mol. The molecule has 1 atom stereocenters. The molecule has 0 aromatic rings. The Balaban J connectivity index is 4.04. The minimum atomic E-state index is -0.741. The van der Waals surface area contributed by atoms with Crippen molar-refractivity contribution in [2.75, 3.05) is 7.11 Å². The van der Waals surface area contributed by atoms with E-state index in [0.29, 0.717) is 18.4 Å². The summed E-state index contributed by atoms with van der Waals surface area (Å²) in [4.78, 5) is 10.9. The smallest absolute Gasteiger partial charge is 0.323 e. The van der Waals surface area contributed by atoms with E-state index in [1.54, 1.807) is 0 Å². The summed E-state index contributed by atoms with van der Waals surface area (Å²) in [6, 6.07) is 1.85. The van der Waals surface area contributed by atoms with Gasteiger partial charge in [-0.2, -0.15) is 5.26 Å². The highest BCUT2D eigenvalue weighted by Crippen LogP contribution is 2.11. The monoisotopic (exact) mass is 177 g/mol. The molecular formula is C10H11NO2. The predicted octanol–water partition coefficient (Wildman–Crippen LogP) is 1.27. The van der Waals surface area contributed by atoms with Gasteiger partial charge in [-0.25, -0.2) is 0 Å². The van der Waals surface area contributed by atoms with Crippen LogP contribution in [0.1, 0.15) is 12.8 Å². The Hall–Kier alpha value is -1.74. The maximum absolute atomic E-state index is 10.9. The van der Waals surface area contributed by atoms with E-state index in [4.69, 9.17) is 11.7 Å². The third kappa shape index (κ3) is 3.98. The Morgan fingerprint density at radius 3 is 2.77 bits per heavy atom. The van der Waals surface area contributed by atoms with E-state index >= 15 is 0 Å². The van der Waals surface area contributed by atoms with E-state index in [1.807, 2.05) is 6.07 Å². The van der Waals surface area contributed by atoms with E-state index in [0.717, 1.165) is 0 Å². The van der Waals surface area contributed by atoms with Crippen LogP contribution in [-0.2, 0) is 9.53 Å². The molecule has 0 aliphatic heterocycles. The molecule has 0 rings (SSSR count). The third-order valence-corrected chi connectivity index (χ3v) is 1.58. The lowest BCUT2D eigenvalue weighted by Crippen LogP contribution is -2.14. The molecule has 0 aliphatic rings. The first-order chi connectivity index (χ1) is 6.15. The molecule has 13 heavy (non-hydrogen) atoms. The van der Waals surface area contributed by atoms with Crippen molar-refractivity contribution in [3.8, 4) is 18.4 Å². The lowest BCUT2D eigenvalue weighted by Gasteiger charge is -2.04. The highest BCUT2D eigenvalue weighted by atomic mass is 16.5. The zero-order chi connectivity index (χ0) is 10.3. The van der Waals surface area contributed by atoms with Crippen LogP contribution >= 0.6 is 0 Å². The molecule has 0 amide bonds. The summed E-state index contributed by atoms with van der Waals surface area (Å²) >= 11 is 0. The molecule has 0 bridgehead atoms. The van der Waals surface area contributed by atoms with Gasteiger partial charge in [0.1, 0.15) is 5.92 Å². The second kappa shape index (κ2) is 5.85. The van der Waals surface area contributed by atoms with Crippen LogP contribution in [-0.4, -0.2) is 13.1 Å². The van der Waals surface area contributed by atoms with Crippen LogP contribution in [0.4, 0.5) is 0 Å². The summed E-state index contributed by atoms with van der Waals surface area (Å²) in [5.41, 5.74) is 0.587. The molecule has 3 nitrogen and oxygen atoms in total. The zero-order valence-corrected chi connectivity index (χ0v) is 7.54. The number of methoxy groups -OCH3 is 1. The highest BCUT2D eigenvalue weighted by Gasteiger charge is 2.17. The molecular weight excluding hydrogens is 166 g/mol. The molecule has 0 fully saturated rings. The quantitative estimate of drug-likeness (QED) is 0.480. The van der Waals surface area contributed by atoms with Crippen molar-refractivity contribution in [3.05, 3.63) is 12.2 Å². The Kier molecular flexibility index (Phi) is 5.07. The van der Waals surface area contributed by atoms with Gasteiger partial charge in [-0.3, -0.25) is 4.79 Å². The molecule has 0 spiro atoms. The van der Waals surface area contributed by atoms with Gasteiger partial charge in [0.05, 0.1) is 13.2 Å². The highest BCUT2D eigenvalue weighted by molar-refractivity contribution is 5.74. The van der Waals surface area contributed by atoms with Crippen LogP contribution in [0.3, 0.4) is 0 Å². The number of rotatable bonds is 4. The largest absolute Gasteiger partial charge is 0.468 e. The molecule has 68 valence electrons. The summed E-state index contributed by atoms with van der Waals surface area (Å²) in [7, 11) is 1.25. The minimum absolute atomic E-state index is 0.367. The predicted molar refractivity (Wildman–Crippen MR) is 48.3 cm³/mol. The molecule has 0 radical (unpaired) electrons. The van der Waals surface area contributed by atoms with Gasteiger partial charge in [0, 0.05) is 0 Å². The van der Waals surface area contributed by atoms with Gasteiger partial charge >= 0.3 is 5.97 Å². The number of allylic oxidation sites excluding steroid dienone is 1. The molecule has 0 aliphatic carbocycles. The van der Waals surface area contributed by atoms with Crippen molar-refractivity contribution in [2.45, 2.75) is 12.8 Å². The molecule has 1 unspecified atom stereocenters. The van der Waals surface area contributed by atoms with Crippen molar-refractivity contribution in [3.63, 3.8) is 0 Å². The number of nitriles is 1. The SMILES string of the molecule is C#CC(=C)CCC(C#N)C(=O)OC. The average Bonchev–Trinajstić information content (AvgIpc) is 2.17. The summed E-state index contributed by atoms with van der Waals surface area (Å²) < 4.78 is 4.43. The molecule has 0 heterocycles. The summed E-state index contributed by atoms with van der Waals surface area (Å²) in [6.07, 6.45) is 5.90. The van der Waals surface area contributed by atoms with E-state index in [-0.39, 0.29) is 0 Å². The van der Waals surface area contributed by atoms with Gasteiger partial charge in [0.2, 0.25) is 0 Å². The Labute approximate surface area is 78.0 Å². The van der Waals surface area contributed by atoms with Crippen LogP contribution < -0.4 is 0 Å². The first kappa shape index (κ1) is 11.3. The van der Waals surface area contributed by atoms with Gasteiger partial charge in [-0.1, -0.05) is 12.5 Å². The summed E-state index contributed by atoms with van der Waals surface area (Å²) in [5, 5.41) is 8.58. The number of carbonyl (C=O) groups excluding carboxylic acids is 1. The van der Waals surface area contributed by atoms with E-state index in [9.17, 15) is 4.79 Å². The van der Waals surface area contributed by atoms with Gasteiger partial charge < -0.3 is 4.74 Å². The van der Waals surface area contributed by atoms with Crippen molar-refractivity contribution >= 4 is 5.97 Å². The van der Waals surface area contributed by atoms with Gasteiger partial charge in [-0.15, -0.1) is 6.42 Å². The van der Waals surface area contributed by atoms with E-state index in [1.165, 1.54) is 7.11 Å². The number of ether oxygens (including phenoxy) is 1. The topological polar surface area (TPSA) is 50.1 Å². The van der Waals surface area contributed by atoms with Crippen LogP contribution in [0.5, 0.6) is 0 Å². The van der Waals surface area contributed by atoms with Crippen LogP contribution in [0.2, 0.25) is 0 Å². The number of hydrogen-bond donors (Lipinski definition) is 0. The normalized spacial score (nSPS) is 10.7. The number of esters is 1. The van der Waals surface area contributed by atoms with Crippen LogP contribution in [0, 0.1) is 29.6 Å². The number of carbonyl (C=O) groups is 1. The van der Waals surface area contributed by atoms with E-state index < -0.39 is 11.9 Å². The van der Waals surface area contributed by atoms with E-state index in [2.05, 4.69) is 17.2 Å².